The maximum absolute atomic E-state index is 13.5. The summed E-state index contributed by atoms with van der Waals surface area (Å²) in [6.45, 7) is 3.44. The molecular formula is C32H30N4O3. The van der Waals surface area contributed by atoms with Crippen LogP contribution in [0.4, 0.5) is 5.69 Å². The summed E-state index contributed by atoms with van der Waals surface area (Å²) in [6.07, 6.45) is 4.91. The van der Waals surface area contributed by atoms with Crippen molar-refractivity contribution < 1.29 is 14.4 Å². The van der Waals surface area contributed by atoms with Gasteiger partial charge in [-0.25, -0.2) is 0 Å². The van der Waals surface area contributed by atoms with Crippen LogP contribution >= 0.6 is 0 Å². The van der Waals surface area contributed by atoms with Crippen LogP contribution in [0, 0.1) is 5.92 Å². The van der Waals surface area contributed by atoms with E-state index in [1.165, 1.54) is 4.90 Å². The van der Waals surface area contributed by atoms with Crippen LogP contribution in [0.5, 0.6) is 0 Å². The zero-order valence-electron chi connectivity index (χ0n) is 21.8. The third-order valence-corrected chi connectivity index (χ3v) is 7.85. The number of carbonyl (C=O) groups excluding carboxylic acids is 3. The second-order valence-electron chi connectivity index (χ2n) is 10.3. The summed E-state index contributed by atoms with van der Waals surface area (Å²) in [4.78, 5) is 47.5. The SMILES string of the molecule is C[C@H](NC(=O)[C@@H]1CCCN(c2cccc3c2C(=O)N(Cc2ccncc2)C3=O)C1)c1cccc2ccccc12. The molecule has 1 fully saturated rings. The van der Waals surface area contributed by atoms with Crippen molar-refractivity contribution in [2.45, 2.75) is 32.4 Å². The monoisotopic (exact) mass is 518 g/mol. The lowest BCUT2D eigenvalue weighted by Gasteiger charge is -2.35. The summed E-state index contributed by atoms with van der Waals surface area (Å²) in [6, 6.07) is 23.3. The van der Waals surface area contributed by atoms with Gasteiger partial charge in [-0.05, 0) is 65.9 Å². The summed E-state index contributed by atoms with van der Waals surface area (Å²) in [5.41, 5.74) is 3.51. The number of benzene rings is 3. The standard InChI is InChI=1S/C32H30N4O3/c1-21(25-11-4-8-23-7-2-3-10-26(23)25)34-30(37)24-9-6-18-35(20-24)28-13-5-12-27-29(28)32(39)36(31(27)38)19-22-14-16-33-17-15-22/h2-5,7-8,10-17,21,24H,6,9,18-20H2,1H3,(H,34,37)/t21-,24+/m0/s1. The predicted molar refractivity (Wildman–Crippen MR) is 150 cm³/mol. The van der Waals surface area contributed by atoms with E-state index < -0.39 is 0 Å². The van der Waals surface area contributed by atoms with Crippen molar-refractivity contribution in [3.05, 3.63) is 107 Å². The highest BCUT2D eigenvalue weighted by atomic mass is 16.2. The molecule has 0 spiro atoms. The molecule has 0 bridgehead atoms. The Hall–Kier alpha value is -4.52. The van der Waals surface area contributed by atoms with E-state index in [1.807, 2.05) is 37.3 Å². The lowest BCUT2D eigenvalue weighted by molar-refractivity contribution is -0.125. The third kappa shape index (κ3) is 4.65. The molecule has 6 rings (SSSR count). The first-order valence-corrected chi connectivity index (χ1v) is 13.4. The van der Waals surface area contributed by atoms with E-state index >= 15 is 0 Å². The number of hydrogen-bond acceptors (Lipinski definition) is 5. The first-order chi connectivity index (χ1) is 19.0. The average Bonchev–Trinajstić information content (AvgIpc) is 3.22. The topological polar surface area (TPSA) is 82.6 Å². The molecule has 2 aliphatic rings. The van der Waals surface area contributed by atoms with Gasteiger partial charge in [-0.15, -0.1) is 0 Å². The highest BCUT2D eigenvalue weighted by Crippen LogP contribution is 2.35. The Labute approximate surface area is 227 Å². The number of anilines is 1. The van der Waals surface area contributed by atoms with Gasteiger partial charge < -0.3 is 10.2 Å². The third-order valence-electron chi connectivity index (χ3n) is 7.85. The van der Waals surface area contributed by atoms with Crippen LogP contribution in [0.1, 0.15) is 57.7 Å². The molecular weight excluding hydrogens is 488 g/mol. The number of rotatable bonds is 6. The molecule has 4 aromatic rings. The van der Waals surface area contributed by atoms with E-state index in [1.54, 1.807) is 30.6 Å². The Bertz CT molecular complexity index is 1560. The molecule has 0 unspecified atom stereocenters. The van der Waals surface area contributed by atoms with Gasteiger partial charge in [0.2, 0.25) is 5.91 Å². The summed E-state index contributed by atoms with van der Waals surface area (Å²) in [7, 11) is 0. The fraction of sp³-hybridized carbons (Fsp3) is 0.250. The lowest BCUT2D eigenvalue weighted by Crippen LogP contribution is -2.44. The van der Waals surface area contributed by atoms with Crippen LogP contribution in [0.15, 0.2) is 85.2 Å². The largest absolute Gasteiger partial charge is 0.370 e. The minimum absolute atomic E-state index is 0.00873. The Balaban J connectivity index is 1.19. The Kier molecular flexibility index (Phi) is 6.57. The molecule has 0 saturated carbocycles. The number of carbonyl (C=O) groups is 3. The van der Waals surface area contributed by atoms with E-state index in [2.05, 4.69) is 39.5 Å². The van der Waals surface area contributed by atoms with Crippen molar-refractivity contribution >= 4 is 34.2 Å². The highest BCUT2D eigenvalue weighted by molar-refractivity contribution is 6.23. The second kappa shape index (κ2) is 10.3. The predicted octanol–water partition coefficient (Wildman–Crippen LogP) is 5.12. The molecule has 2 atom stereocenters. The number of amides is 3. The van der Waals surface area contributed by atoms with Crippen LogP contribution < -0.4 is 10.2 Å². The van der Waals surface area contributed by atoms with Crippen molar-refractivity contribution in [2.75, 3.05) is 18.0 Å². The van der Waals surface area contributed by atoms with Crippen molar-refractivity contribution in [3.8, 4) is 0 Å². The van der Waals surface area contributed by atoms with Gasteiger partial charge in [0.15, 0.2) is 0 Å². The number of nitrogens with one attached hydrogen (secondary N) is 1. The molecule has 1 saturated heterocycles. The van der Waals surface area contributed by atoms with E-state index in [9.17, 15) is 14.4 Å². The molecule has 3 aromatic carbocycles. The fourth-order valence-electron chi connectivity index (χ4n) is 5.84. The minimum atomic E-state index is -0.293. The number of hydrogen-bond donors (Lipinski definition) is 1. The van der Waals surface area contributed by atoms with Crippen LogP contribution in [0.3, 0.4) is 0 Å². The van der Waals surface area contributed by atoms with Gasteiger partial charge in [-0.1, -0.05) is 48.5 Å². The molecule has 7 heteroatoms. The normalized spacial score (nSPS) is 17.8. The molecule has 0 aliphatic carbocycles. The quantitative estimate of drug-likeness (QED) is 0.358. The molecule has 3 amide bonds. The number of nitrogens with zero attached hydrogens (tertiary/aromatic N) is 3. The molecule has 3 heterocycles. The molecule has 0 radical (unpaired) electrons. The van der Waals surface area contributed by atoms with Crippen LogP contribution in [-0.4, -0.2) is 40.7 Å². The van der Waals surface area contributed by atoms with Gasteiger partial charge in [-0.2, -0.15) is 0 Å². The number of pyridine rings is 1. The summed E-state index contributed by atoms with van der Waals surface area (Å²) < 4.78 is 0. The van der Waals surface area contributed by atoms with Crippen molar-refractivity contribution in [1.29, 1.82) is 0 Å². The van der Waals surface area contributed by atoms with E-state index in [0.717, 1.165) is 47.0 Å². The first-order valence-electron chi connectivity index (χ1n) is 13.4. The van der Waals surface area contributed by atoms with Crippen molar-refractivity contribution in [3.63, 3.8) is 0 Å². The molecule has 1 aromatic heterocycles. The smallest absolute Gasteiger partial charge is 0.263 e. The van der Waals surface area contributed by atoms with Gasteiger partial charge in [0.1, 0.15) is 0 Å². The molecule has 196 valence electrons. The Morgan fingerprint density at radius 3 is 2.59 bits per heavy atom. The molecule has 2 aliphatic heterocycles. The maximum atomic E-state index is 13.5. The maximum Gasteiger partial charge on any atom is 0.263 e. The minimum Gasteiger partial charge on any atom is -0.370 e. The zero-order chi connectivity index (χ0) is 26.9. The number of fused-ring (bicyclic) bond motifs is 2. The lowest BCUT2D eigenvalue weighted by atomic mass is 9.94. The molecule has 1 N–H and O–H groups in total. The summed E-state index contributed by atoms with van der Waals surface area (Å²) in [5.74, 6) is -0.788. The number of aromatic nitrogens is 1. The van der Waals surface area contributed by atoms with Crippen LogP contribution in [0.25, 0.3) is 10.8 Å². The Morgan fingerprint density at radius 1 is 0.974 bits per heavy atom. The van der Waals surface area contributed by atoms with E-state index in [-0.39, 0.29) is 36.2 Å². The van der Waals surface area contributed by atoms with Gasteiger partial charge in [0, 0.05) is 25.5 Å². The second-order valence-corrected chi connectivity index (χ2v) is 10.3. The van der Waals surface area contributed by atoms with E-state index in [0.29, 0.717) is 17.7 Å². The summed E-state index contributed by atoms with van der Waals surface area (Å²) in [5, 5.41) is 5.52. The number of imide groups is 1. The van der Waals surface area contributed by atoms with Gasteiger partial charge in [-0.3, -0.25) is 24.3 Å². The molecule has 7 nitrogen and oxygen atoms in total. The van der Waals surface area contributed by atoms with Gasteiger partial charge >= 0.3 is 0 Å². The molecule has 39 heavy (non-hydrogen) atoms. The van der Waals surface area contributed by atoms with Gasteiger partial charge in [0.25, 0.3) is 11.8 Å². The van der Waals surface area contributed by atoms with Crippen LogP contribution in [0.2, 0.25) is 0 Å². The zero-order valence-corrected chi connectivity index (χ0v) is 21.8. The highest BCUT2D eigenvalue weighted by Gasteiger charge is 2.39. The fourth-order valence-corrected chi connectivity index (χ4v) is 5.84. The summed E-state index contributed by atoms with van der Waals surface area (Å²) >= 11 is 0. The number of piperidine rings is 1. The van der Waals surface area contributed by atoms with Crippen molar-refractivity contribution in [1.82, 2.24) is 15.2 Å². The van der Waals surface area contributed by atoms with Crippen LogP contribution in [-0.2, 0) is 11.3 Å². The average molecular weight is 519 g/mol. The Morgan fingerprint density at radius 2 is 1.74 bits per heavy atom. The van der Waals surface area contributed by atoms with Crippen molar-refractivity contribution in [2.24, 2.45) is 5.92 Å². The van der Waals surface area contributed by atoms with E-state index in [4.69, 9.17) is 0 Å². The van der Waals surface area contributed by atoms with Gasteiger partial charge in [0.05, 0.1) is 35.3 Å². The first kappa shape index (κ1) is 24.8.